The molecule has 124 valence electrons. The number of carbonyl (C=O) groups excluding carboxylic acids is 2. The lowest BCUT2D eigenvalue weighted by Gasteiger charge is -2.42. The van der Waals surface area contributed by atoms with Crippen LogP contribution in [0.25, 0.3) is 0 Å². The van der Waals surface area contributed by atoms with Crippen LogP contribution in [0, 0.1) is 5.92 Å². The minimum atomic E-state index is -0.781. The Kier molecular flexibility index (Phi) is 3.03. The SMILES string of the molecule is C=C1C(=O)O[C@@H]2C[C@]34CO[C@](C)(C[C@H](OC(C)=O)C3=CC[C@H]12)O4. The molecule has 0 saturated carbocycles. The summed E-state index contributed by atoms with van der Waals surface area (Å²) in [5.41, 5.74) is 0.741. The molecule has 1 aliphatic carbocycles. The highest BCUT2D eigenvalue weighted by Gasteiger charge is 2.61. The Hall–Kier alpha value is -1.66. The lowest BCUT2D eigenvalue weighted by Crippen LogP contribution is -2.50. The van der Waals surface area contributed by atoms with Crippen molar-refractivity contribution in [1.29, 1.82) is 0 Å². The van der Waals surface area contributed by atoms with Crippen LogP contribution >= 0.6 is 0 Å². The van der Waals surface area contributed by atoms with Gasteiger partial charge in [0, 0.05) is 36.8 Å². The van der Waals surface area contributed by atoms with Crippen molar-refractivity contribution in [1.82, 2.24) is 0 Å². The highest BCUT2D eigenvalue weighted by molar-refractivity contribution is 5.90. The van der Waals surface area contributed by atoms with Crippen LogP contribution in [0.2, 0.25) is 0 Å². The summed E-state index contributed by atoms with van der Waals surface area (Å²) < 4.78 is 23.1. The van der Waals surface area contributed by atoms with Gasteiger partial charge in [-0.25, -0.2) is 4.79 Å². The van der Waals surface area contributed by atoms with Gasteiger partial charge in [-0.2, -0.15) is 0 Å². The fraction of sp³-hybridized carbons (Fsp3) is 0.647. The molecule has 4 aliphatic rings. The smallest absolute Gasteiger partial charge is 0.334 e. The van der Waals surface area contributed by atoms with Gasteiger partial charge in [0.15, 0.2) is 5.79 Å². The summed E-state index contributed by atoms with van der Waals surface area (Å²) in [6.07, 6.45) is 2.99. The van der Waals surface area contributed by atoms with Gasteiger partial charge in [-0.1, -0.05) is 12.7 Å². The molecule has 0 radical (unpaired) electrons. The Morgan fingerprint density at radius 3 is 2.96 bits per heavy atom. The quantitative estimate of drug-likeness (QED) is 0.415. The molecule has 0 aromatic carbocycles. The van der Waals surface area contributed by atoms with Crippen LogP contribution < -0.4 is 0 Å². The van der Waals surface area contributed by atoms with E-state index < -0.39 is 11.4 Å². The molecule has 3 saturated heterocycles. The minimum absolute atomic E-state index is 0.0524. The lowest BCUT2D eigenvalue weighted by molar-refractivity contribution is -0.212. The predicted molar refractivity (Wildman–Crippen MR) is 78.2 cm³/mol. The fourth-order valence-electron chi connectivity index (χ4n) is 4.29. The van der Waals surface area contributed by atoms with E-state index in [1.807, 2.05) is 13.0 Å². The first-order valence-electron chi connectivity index (χ1n) is 7.94. The number of hydrogen-bond acceptors (Lipinski definition) is 6. The Morgan fingerprint density at radius 2 is 2.22 bits per heavy atom. The third-order valence-electron chi connectivity index (χ3n) is 5.30. The number of hydrogen-bond donors (Lipinski definition) is 0. The summed E-state index contributed by atoms with van der Waals surface area (Å²) in [5.74, 6) is -1.49. The maximum absolute atomic E-state index is 11.8. The van der Waals surface area contributed by atoms with E-state index in [1.54, 1.807) is 0 Å². The van der Waals surface area contributed by atoms with Crippen LogP contribution in [0.15, 0.2) is 23.8 Å². The van der Waals surface area contributed by atoms with Crippen LogP contribution in [0.5, 0.6) is 0 Å². The molecule has 3 fully saturated rings. The molecule has 6 nitrogen and oxygen atoms in total. The second-order valence-corrected chi connectivity index (χ2v) is 7.00. The van der Waals surface area contributed by atoms with E-state index in [9.17, 15) is 9.59 Å². The highest BCUT2D eigenvalue weighted by Crippen LogP contribution is 2.53. The molecule has 2 bridgehead atoms. The maximum Gasteiger partial charge on any atom is 0.334 e. The summed E-state index contributed by atoms with van der Waals surface area (Å²) in [4.78, 5) is 23.3. The molecule has 3 heterocycles. The Labute approximate surface area is 134 Å². The zero-order valence-electron chi connectivity index (χ0n) is 13.3. The van der Waals surface area contributed by atoms with Crippen LogP contribution in [0.4, 0.5) is 0 Å². The van der Waals surface area contributed by atoms with Crippen LogP contribution in [0.3, 0.4) is 0 Å². The highest BCUT2D eigenvalue weighted by atomic mass is 16.8. The first-order valence-corrected chi connectivity index (χ1v) is 7.94. The van der Waals surface area contributed by atoms with E-state index in [4.69, 9.17) is 18.9 Å². The second kappa shape index (κ2) is 4.68. The van der Waals surface area contributed by atoms with Crippen molar-refractivity contribution in [3.8, 4) is 0 Å². The number of allylic oxidation sites excluding steroid dienone is 1. The molecular formula is C17H20O6. The summed E-state index contributed by atoms with van der Waals surface area (Å²) in [5, 5.41) is 0. The number of fused-ring (bicyclic) bond motifs is 2. The van der Waals surface area contributed by atoms with Gasteiger partial charge in [0.25, 0.3) is 0 Å². The van der Waals surface area contributed by atoms with Gasteiger partial charge in [0.2, 0.25) is 0 Å². The van der Waals surface area contributed by atoms with Crippen LogP contribution in [-0.4, -0.2) is 42.1 Å². The average Bonchev–Trinajstić information content (AvgIpc) is 2.79. The maximum atomic E-state index is 11.8. The molecular weight excluding hydrogens is 300 g/mol. The number of rotatable bonds is 1. The summed E-state index contributed by atoms with van der Waals surface area (Å²) in [7, 11) is 0. The monoisotopic (exact) mass is 320 g/mol. The zero-order valence-corrected chi connectivity index (χ0v) is 13.3. The van der Waals surface area contributed by atoms with Gasteiger partial charge in [-0.3, -0.25) is 4.79 Å². The molecule has 6 heteroatoms. The summed E-state index contributed by atoms with van der Waals surface area (Å²) in [6, 6.07) is 0. The van der Waals surface area contributed by atoms with Crippen molar-refractivity contribution < 1.29 is 28.5 Å². The molecule has 5 atom stereocenters. The molecule has 0 aromatic rings. The first-order chi connectivity index (χ1) is 10.8. The van der Waals surface area contributed by atoms with Crippen molar-refractivity contribution in [2.24, 2.45) is 5.92 Å². The van der Waals surface area contributed by atoms with E-state index >= 15 is 0 Å². The standard InChI is InChI=1S/C17H20O6/c1-9-11-4-5-12-14(21-10(2)18)6-16(3)20-8-17(12,23-16)7-13(11)22-15(9)19/h5,11,13-14H,1,4,6-8H2,2-3H3/t11-,13-,14+,16+,17+/m1/s1. The summed E-state index contributed by atoms with van der Waals surface area (Å²) in [6.45, 7) is 7.50. The Bertz CT molecular complexity index is 637. The van der Waals surface area contributed by atoms with Crippen molar-refractivity contribution >= 4 is 11.9 Å². The van der Waals surface area contributed by atoms with Gasteiger partial charge in [0.05, 0.1) is 6.61 Å². The van der Waals surface area contributed by atoms with Gasteiger partial charge < -0.3 is 18.9 Å². The Balaban J connectivity index is 1.73. The normalized spacial score (nSPS) is 44.8. The third-order valence-corrected chi connectivity index (χ3v) is 5.30. The molecule has 3 aliphatic heterocycles. The summed E-state index contributed by atoms with van der Waals surface area (Å²) >= 11 is 0. The molecule has 0 unspecified atom stereocenters. The van der Waals surface area contributed by atoms with Crippen LogP contribution in [0.1, 0.15) is 33.1 Å². The number of ether oxygens (including phenoxy) is 4. The van der Waals surface area contributed by atoms with E-state index in [0.717, 1.165) is 5.57 Å². The molecule has 23 heavy (non-hydrogen) atoms. The molecule has 0 N–H and O–H groups in total. The number of carbonyl (C=O) groups is 2. The van der Waals surface area contributed by atoms with Crippen molar-refractivity contribution in [3.63, 3.8) is 0 Å². The van der Waals surface area contributed by atoms with Gasteiger partial charge in [-0.15, -0.1) is 0 Å². The van der Waals surface area contributed by atoms with Crippen molar-refractivity contribution in [3.05, 3.63) is 23.8 Å². The minimum Gasteiger partial charge on any atom is -0.458 e. The van der Waals surface area contributed by atoms with Gasteiger partial charge in [-0.05, 0) is 13.3 Å². The van der Waals surface area contributed by atoms with Crippen LogP contribution in [-0.2, 0) is 28.5 Å². The fourth-order valence-corrected chi connectivity index (χ4v) is 4.29. The van der Waals surface area contributed by atoms with E-state index in [-0.39, 0.29) is 30.1 Å². The van der Waals surface area contributed by atoms with E-state index in [1.165, 1.54) is 6.92 Å². The van der Waals surface area contributed by atoms with Crippen molar-refractivity contribution in [2.75, 3.05) is 6.61 Å². The molecule has 1 spiro atoms. The van der Waals surface area contributed by atoms with Gasteiger partial charge in [0.1, 0.15) is 17.8 Å². The largest absolute Gasteiger partial charge is 0.458 e. The van der Waals surface area contributed by atoms with Gasteiger partial charge >= 0.3 is 11.9 Å². The third kappa shape index (κ3) is 2.16. The van der Waals surface area contributed by atoms with Crippen molar-refractivity contribution in [2.45, 2.75) is 56.7 Å². The van der Waals surface area contributed by atoms with E-state index in [0.29, 0.717) is 31.4 Å². The number of esters is 2. The molecule has 0 aromatic heterocycles. The molecule has 0 amide bonds. The topological polar surface area (TPSA) is 71.1 Å². The van der Waals surface area contributed by atoms with E-state index in [2.05, 4.69) is 6.58 Å². The zero-order chi connectivity index (χ0) is 16.4. The predicted octanol–water partition coefficient (Wildman–Crippen LogP) is 1.64. The lowest BCUT2D eigenvalue weighted by atomic mass is 9.82. The average molecular weight is 320 g/mol. The second-order valence-electron chi connectivity index (χ2n) is 7.00. The first kappa shape index (κ1) is 14.9. The molecule has 4 rings (SSSR count). The Morgan fingerprint density at radius 1 is 1.43 bits per heavy atom.